The van der Waals surface area contributed by atoms with Crippen LogP contribution in [0.1, 0.15) is 71.1 Å². The molecule has 1 saturated heterocycles. The molecule has 0 aromatic carbocycles. The summed E-state index contributed by atoms with van der Waals surface area (Å²) in [7, 11) is 0. The van der Waals surface area contributed by atoms with Gasteiger partial charge < -0.3 is 10.2 Å². The third-order valence-corrected chi connectivity index (χ3v) is 5.86. The van der Waals surface area contributed by atoms with Gasteiger partial charge in [0.1, 0.15) is 0 Å². The molecule has 0 spiro atoms. The van der Waals surface area contributed by atoms with E-state index in [1.807, 2.05) is 0 Å². The molecule has 0 radical (unpaired) electrons. The minimum absolute atomic E-state index is 0.826. The maximum Gasteiger partial charge on any atom is 0.00965 e. The average Bonchev–Trinajstić information content (AvgIpc) is 3.23. The van der Waals surface area contributed by atoms with Crippen LogP contribution >= 0.6 is 0 Å². The zero-order chi connectivity index (χ0) is 13.8. The molecule has 1 aliphatic heterocycles. The van der Waals surface area contributed by atoms with E-state index >= 15 is 0 Å². The third kappa shape index (κ3) is 4.21. The summed E-state index contributed by atoms with van der Waals surface area (Å²) >= 11 is 0. The summed E-state index contributed by atoms with van der Waals surface area (Å²) in [6, 6.07) is 1.81. The molecule has 3 aliphatic rings. The molecular formula is C18H34N2. The SMILES string of the molecule is CCCC1CCCC(NCC2CCN(C3CC3)C2)CC1. The van der Waals surface area contributed by atoms with Crippen molar-refractivity contribution in [3.63, 3.8) is 0 Å². The van der Waals surface area contributed by atoms with Gasteiger partial charge in [-0.2, -0.15) is 0 Å². The van der Waals surface area contributed by atoms with Crippen LogP contribution in [0.15, 0.2) is 0 Å². The summed E-state index contributed by atoms with van der Waals surface area (Å²) < 4.78 is 0. The van der Waals surface area contributed by atoms with Crippen LogP contribution in [-0.4, -0.2) is 36.6 Å². The molecule has 3 unspecified atom stereocenters. The van der Waals surface area contributed by atoms with Crippen LogP contribution in [0.25, 0.3) is 0 Å². The van der Waals surface area contributed by atoms with Gasteiger partial charge in [-0.15, -0.1) is 0 Å². The average molecular weight is 278 g/mol. The maximum absolute atomic E-state index is 3.92. The number of rotatable bonds is 6. The molecule has 3 atom stereocenters. The van der Waals surface area contributed by atoms with Crippen molar-refractivity contribution < 1.29 is 0 Å². The van der Waals surface area contributed by atoms with Crippen LogP contribution in [0.4, 0.5) is 0 Å². The Balaban J connectivity index is 1.34. The van der Waals surface area contributed by atoms with Gasteiger partial charge in [-0.3, -0.25) is 0 Å². The van der Waals surface area contributed by atoms with Gasteiger partial charge in [-0.25, -0.2) is 0 Å². The molecule has 0 aromatic heterocycles. The predicted molar refractivity (Wildman–Crippen MR) is 86.0 cm³/mol. The van der Waals surface area contributed by atoms with Gasteiger partial charge in [-0.1, -0.05) is 32.6 Å². The first kappa shape index (κ1) is 14.8. The smallest absolute Gasteiger partial charge is 0.00965 e. The lowest BCUT2D eigenvalue weighted by molar-refractivity contribution is 0.307. The largest absolute Gasteiger partial charge is 0.314 e. The molecule has 2 nitrogen and oxygen atoms in total. The Morgan fingerprint density at radius 2 is 1.85 bits per heavy atom. The summed E-state index contributed by atoms with van der Waals surface area (Å²) in [5, 5.41) is 3.92. The highest BCUT2D eigenvalue weighted by Crippen LogP contribution is 2.32. The first-order valence-electron chi connectivity index (χ1n) is 9.32. The molecule has 3 rings (SSSR count). The Kier molecular flexibility index (Phi) is 5.39. The highest BCUT2D eigenvalue weighted by molar-refractivity contribution is 4.90. The van der Waals surface area contributed by atoms with Crippen molar-refractivity contribution in [1.29, 1.82) is 0 Å². The van der Waals surface area contributed by atoms with Crippen LogP contribution < -0.4 is 5.32 Å². The summed E-state index contributed by atoms with van der Waals surface area (Å²) in [5.41, 5.74) is 0. The maximum atomic E-state index is 3.92. The fraction of sp³-hybridized carbons (Fsp3) is 1.00. The van der Waals surface area contributed by atoms with E-state index in [0.29, 0.717) is 0 Å². The first-order chi connectivity index (χ1) is 9.85. The zero-order valence-corrected chi connectivity index (χ0v) is 13.4. The Morgan fingerprint density at radius 1 is 0.950 bits per heavy atom. The quantitative estimate of drug-likeness (QED) is 0.743. The standard InChI is InChI=1S/C18H34N2/c1-2-4-15-5-3-6-17(8-7-15)19-13-16-11-12-20(14-16)18-9-10-18/h15-19H,2-14H2,1H3. The molecule has 1 N–H and O–H groups in total. The van der Waals surface area contributed by atoms with Gasteiger partial charge in [0.15, 0.2) is 0 Å². The Labute approximate surface area is 125 Å². The first-order valence-corrected chi connectivity index (χ1v) is 9.32. The molecule has 20 heavy (non-hydrogen) atoms. The number of likely N-dealkylation sites (tertiary alicyclic amines) is 1. The van der Waals surface area contributed by atoms with Gasteiger partial charge in [0, 0.05) is 18.6 Å². The molecular weight excluding hydrogens is 244 g/mol. The summed E-state index contributed by atoms with van der Waals surface area (Å²) in [5.74, 6) is 1.97. The van der Waals surface area contributed by atoms with Crippen LogP contribution in [0, 0.1) is 11.8 Å². The van der Waals surface area contributed by atoms with E-state index in [0.717, 1.165) is 23.9 Å². The topological polar surface area (TPSA) is 15.3 Å². The minimum atomic E-state index is 0.826. The van der Waals surface area contributed by atoms with Crippen LogP contribution in [0.2, 0.25) is 0 Å². The fourth-order valence-corrected chi connectivity index (χ4v) is 4.41. The van der Waals surface area contributed by atoms with E-state index in [2.05, 4.69) is 17.1 Å². The normalized spacial score (nSPS) is 36.1. The molecule has 3 fully saturated rings. The van der Waals surface area contributed by atoms with Gasteiger partial charge in [0.2, 0.25) is 0 Å². The monoisotopic (exact) mass is 278 g/mol. The number of nitrogens with zero attached hydrogens (tertiary/aromatic N) is 1. The number of hydrogen-bond acceptors (Lipinski definition) is 2. The van der Waals surface area contributed by atoms with E-state index in [1.54, 1.807) is 0 Å². The van der Waals surface area contributed by atoms with Crippen molar-refractivity contribution in [3.8, 4) is 0 Å². The summed E-state index contributed by atoms with van der Waals surface area (Å²) in [6.45, 7) is 6.38. The number of nitrogens with one attached hydrogen (secondary N) is 1. The summed E-state index contributed by atoms with van der Waals surface area (Å²) in [4.78, 5) is 2.75. The second-order valence-corrected chi connectivity index (χ2v) is 7.65. The lowest BCUT2D eigenvalue weighted by Crippen LogP contribution is -2.34. The third-order valence-electron chi connectivity index (χ3n) is 5.86. The fourth-order valence-electron chi connectivity index (χ4n) is 4.41. The van der Waals surface area contributed by atoms with Gasteiger partial charge in [0.25, 0.3) is 0 Å². The van der Waals surface area contributed by atoms with Gasteiger partial charge >= 0.3 is 0 Å². The zero-order valence-electron chi connectivity index (χ0n) is 13.4. The number of hydrogen-bond donors (Lipinski definition) is 1. The molecule has 2 heteroatoms. The van der Waals surface area contributed by atoms with Crippen molar-refractivity contribution in [2.75, 3.05) is 19.6 Å². The molecule has 2 aliphatic carbocycles. The van der Waals surface area contributed by atoms with E-state index in [9.17, 15) is 0 Å². The Bertz CT molecular complexity index is 287. The van der Waals surface area contributed by atoms with Crippen LogP contribution in [-0.2, 0) is 0 Å². The van der Waals surface area contributed by atoms with Crippen molar-refractivity contribution in [2.24, 2.45) is 11.8 Å². The van der Waals surface area contributed by atoms with Crippen molar-refractivity contribution in [3.05, 3.63) is 0 Å². The molecule has 2 saturated carbocycles. The predicted octanol–water partition coefficient (Wildman–Crippen LogP) is 3.81. The minimum Gasteiger partial charge on any atom is -0.314 e. The molecule has 0 amide bonds. The second kappa shape index (κ2) is 7.26. The Hall–Kier alpha value is -0.0800. The molecule has 1 heterocycles. The molecule has 116 valence electrons. The highest BCUT2D eigenvalue weighted by atomic mass is 15.2. The highest BCUT2D eigenvalue weighted by Gasteiger charge is 2.34. The summed E-state index contributed by atoms with van der Waals surface area (Å²) in [6.07, 6.45) is 14.5. The van der Waals surface area contributed by atoms with Gasteiger partial charge in [0.05, 0.1) is 0 Å². The van der Waals surface area contributed by atoms with Crippen molar-refractivity contribution >= 4 is 0 Å². The van der Waals surface area contributed by atoms with E-state index in [-0.39, 0.29) is 0 Å². The van der Waals surface area contributed by atoms with E-state index < -0.39 is 0 Å². The van der Waals surface area contributed by atoms with Crippen LogP contribution in [0.5, 0.6) is 0 Å². The Morgan fingerprint density at radius 3 is 2.65 bits per heavy atom. The van der Waals surface area contributed by atoms with Gasteiger partial charge in [-0.05, 0) is 63.5 Å². The lowest BCUT2D eigenvalue weighted by Gasteiger charge is -2.20. The van der Waals surface area contributed by atoms with E-state index in [1.165, 1.54) is 83.8 Å². The lowest BCUT2D eigenvalue weighted by atomic mass is 9.95. The van der Waals surface area contributed by atoms with Crippen LogP contribution in [0.3, 0.4) is 0 Å². The van der Waals surface area contributed by atoms with Crippen molar-refractivity contribution in [1.82, 2.24) is 10.2 Å². The molecule has 0 bridgehead atoms. The second-order valence-electron chi connectivity index (χ2n) is 7.65. The molecule has 0 aromatic rings. The van der Waals surface area contributed by atoms with E-state index in [4.69, 9.17) is 0 Å². The van der Waals surface area contributed by atoms with Crippen molar-refractivity contribution in [2.45, 2.75) is 83.2 Å².